The number of carbonyl (C=O) groups excluding carboxylic acids is 1. The molecular weight excluding hydrogens is 360 g/mol. The van der Waals surface area contributed by atoms with Crippen LogP contribution in [0.5, 0.6) is 0 Å². The molecule has 150 valence electrons. The van der Waals surface area contributed by atoms with E-state index >= 15 is 0 Å². The Morgan fingerprint density at radius 1 is 0.828 bits per heavy atom. The van der Waals surface area contributed by atoms with Crippen LogP contribution in [-0.4, -0.2) is 33.9 Å². The van der Waals surface area contributed by atoms with Gasteiger partial charge in [0.25, 0.3) is 5.91 Å². The molecule has 0 aliphatic rings. The fourth-order valence-electron chi connectivity index (χ4n) is 3.26. The van der Waals surface area contributed by atoms with Crippen LogP contribution in [0.4, 0.5) is 11.6 Å². The van der Waals surface area contributed by atoms with Gasteiger partial charge in [0.1, 0.15) is 0 Å². The zero-order chi connectivity index (χ0) is 20.5. The first-order valence-electron chi connectivity index (χ1n) is 10.2. The van der Waals surface area contributed by atoms with Crippen LogP contribution in [0.2, 0.25) is 0 Å². The van der Waals surface area contributed by atoms with Crippen LogP contribution in [0.3, 0.4) is 0 Å². The summed E-state index contributed by atoms with van der Waals surface area (Å²) in [6, 6.07) is 20.3. The van der Waals surface area contributed by atoms with Crippen LogP contribution in [0.15, 0.2) is 73.1 Å². The predicted molar refractivity (Wildman–Crippen MR) is 117 cm³/mol. The van der Waals surface area contributed by atoms with Gasteiger partial charge in [-0.15, -0.1) is 0 Å². The van der Waals surface area contributed by atoms with E-state index in [2.05, 4.69) is 40.8 Å². The van der Waals surface area contributed by atoms with E-state index in [4.69, 9.17) is 0 Å². The van der Waals surface area contributed by atoms with E-state index < -0.39 is 0 Å². The molecule has 29 heavy (non-hydrogen) atoms. The smallest absolute Gasteiger partial charge is 0.256 e. The monoisotopic (exact) mass is 388 g/mol. The summed E-state index contributed by atoms with van der Waals surface area (Å²) in [5.41, 5.74) is 2.70. The minimum absolute atomic E-state index is 0.00503. The zero-order valence-electron chi connectivity index (χ0n) is 17.2. The van der Waals surface area contributed by atoms with Crippen molar-refractivity contribution in [3.8, 4) is 0 Å². The zero-order valence-corrected chi connectivity index (χ0v) is 17.2. The summed E-state index contributed by atoms with van der Waals surface area (Å²) in [5.74, 6) is 0.573. The maximum absolute atomic E-state index is 12.8. The first-order chi connectivity index (χ1) is 14.2. The topological polar surface area (TPSA) is 49.3 Å². The van der Waals surface area contributed by atoms with Crippen molar-refractivity contribution in [3.05, 3.63) is 84.2 Å². The molecular formula is C24H28N4O. The van der Waals surface area contributed by atoms with Crippen molar-refractivity contribution < 1.29 is 4.79 Å². The Morgan fingerprint density at radius 2 is 1.38 bits per heavy atom. The predicted octanol–water partition coefficient (Wildman–Crippen LogP) is 5.08. The van der Waals surface area contributed by atoms with Gasteiger partial charge in [0.15, 0.2) is 0 Å². The van der Waals surface area contributed by atoms with Gasteiger partial charge in [-0.3, -0.25) is 4.79 Å². The van der Waals surface area contributed by atoms with Crippen LogP contribution in [0.1, 0.15) is 42.6 Å². The van der Waals surface area contributed by atoms with E-state index in [1.54, 1.807) is 12.4 Å². The van der Waals surface area contributed by atoms with Gasteiger partial charge in [-0.25, -0.2) is 9.97 Å². The standard InChI is InChI=1S/C24H28N4O/c1-3-15-27(16-4-2)23(29)21-17-25-24(26-18-21)28(22-13-9-6-10-14-22)19-20-11-7-5-8-12-20/h5-14,17-18H,3-4,15-16,19H2,1-2H3. The molecule has 2 aromatic carbocycles. The molecule has 1 amide bonds. The van der Waals surface area contributed by atoms with Crippen LogP contribution in [0.25, 0.3) is 0 Å². The lowest BCUT2D eigenvalue weighted by atomic mass is 10.2. The van der Waals surface area contributed by atoms with Crippen LogP contribution >= 0.6 is 0 Å². The van der Waals surface area contributed by atoms with Gasteiger partial charge in [0, 0.05) is 31.2 Å². The van der Waals surface area contributed by atoms with Gasteiger partial charge in [0.2, 0.25) is 5.95 Å². The number of carbonyl (C=O) groups is 1. The van der Waals surface area contributed by atoms with Crippen LogP contribution in [0, 0.1) is 0 Å². The van der Waals surface area contributed by atoms with Gasteiger partial charge in [-0.2, -0.15) is 0 Å². The fraction of sp³-hybridized carbons (Fsp3) is 0.292. The van der Waals surface area contributed by atoms with Crippen molar-refractivity contribution in [1.29, 1.82) is 0 Å². The minimum Gasteiger partial charge on any atom is -0.339 e. The van der Waals surface area contributed by atoms with Gasteiger partial charge in [-0.05, 0) is 30.5 Å². The molecule has 3 aromatic rings. The van der Waals surface area contributed by atoms with Crippen LogP contribution < -0.4 is 4.90 Å². The highest BCUT2D eigenvalue weighted by Crippen LogP contribution is 2.24. The highest BCUT2D eigenvalue weighted by Gasteiger charge is 2.17. The fourth-order valence-corrected chi connectivity index (χ4v) is 3.26. The van der Waals surface area contributed by atoms with Crippen molar-refractivity contribution in [2.24, 2.45) is 0 Å². The highest BCUT2D eigenvalue weighted by atomic mass is 16.2. The number of hydrogen-bond donors (Lipinski definition) is 0. The third-order valence-corrected chi connectivity index (χ3v) is 4.65. The maximum Gasteiger partial charge on any atom is 0.256 e. The summed E-state index contributed by atoms with van der Waals surface area (Å²) in [6.45, 7) is 6.31. The number of anilines is 2. The molecule has 0 radical (unpaired) electrons. The number of amides is 1. The van der Waals surface area contributed by atoms with E-state index in [-0.39, 0.29) is 5.91 Å². The molecule has 0 aliphatic heterocycles. The number of para-hydroxylation sites is 1. The third-order valence-electron chi connectivity index (χ3n) is 4.65. The molecule has 0 aliphatic carbocycles. The number of aromatic nitrogens is 2. The average molecular weight is 389 g/mol. The van der Waals surface area contributed by atoms with E-state index in [1.165, 1.54) is 0 Å². The van der Waals surface area contributed by atoms with E-state index in [0.29, 0.717) is 18.1 Å². The Morgan fingerprint density at radius 3 is 1.93 bits per heavy atom. The molecule has 0 atom stereocenters. The summed E-state index contributed by atoms with van der Waals surface area (Å²) in [4.78, 5) is 25.8. The van der Waals surface area contributed by atoms with Crippen molar-refractivity contribution in [2.75, 3.05) is 18.0 Å². The molecule has 0 fully saturated rings. The van der Waals surface area contributed by atoms with Gasteiger partial charge >= 0.3 is 0 Å². The molecule has 5 nitrogen and oxygen atoms in total. The van der Waals surface area contributed by atoms with E-state index in [0.717, 1.165) is 37.2 Å². The quantitative estimate of drug-likeness (QED) is 0.513. The summed E-state index contributed by atoms with van der Waals surface area (Å²) >= 11 is 0. The summed E-state index contributed by atoms with van der Waals surface area (Å²) in [5, 5.41) is 0. The first kappa shape index (κ1) is 20.5. The SMILES string of the molecule is CCCN(CCC)C(=O)c1cnc(N(Cc2ccccc2)c2ccccc2)nc1. The Hall–Kier alpha value is -3.21. The third kappa shape index (κ3) is 5.41. The Labute approximate surface area is 173 Å². The first-order valence-corrected chi connectivity index (χ1v) is 10.2. The molecule has 0 saturated carbocycles. The van der Waals surface area contributed by atoms with Gasteiger partial charge in [0.05, 0.1) is 12.1 Å². The van der Waals surface area contributed by atoms with E-state index in [1.807, 2.05) is 53.4 Å². The Bertz CT molecular complexity index is 876. The van der Waals surface area contributed by atoms with Crippen LogP contribution in [-0.2, 0) is 6.54 Å². The summed E-state index contributed by atoms with van der Waals surface area (Å²) in [7, 11) is 0. The second-order valence-corrected chi connectivity index (χ2v) is 6.97. The van der Waals surface area contributed by atoms with Crippen molar-refractivity contribution in [2.45, 2.75) is 33.2 Å². The summed E-state index contributed by atoms with van der Waals surface area (Å²) in [6.07, 6.45) is 5.15. The molecule has 0 N–H and O–H groups in total. The average Bonchev–Trinajstić information content (AvgIpc) is 2.78. The lowest BCUT2D eigenvalue weighted by Crippen LogP contribution is -2.32. The Kier molecular flexibility index (Phi) is 7.34. The molecule has 3 rings (SSSR count). The normalized spacial score (nSPS) is 10.6. The number of hydrogen-bond acceptors (Lipinski definition) is 4. The number of rotatable bonds is 9. The highest BCUT2D eigenvalue weighted by molar-refractivity contribution is 5.93. The largest absolute Gasteiger partial charge is 0.339 e. The van der Waals surface area contributed by atoms with E-state index in [9.17, 15) is 4.79 Å². The molecule has 0 unspecified atom stereocenters. The molecule has 0 spiro atoms. The van der Waals surface area contributed by atoms with Gasteiger partial charge in [-0.1, -0.05) is 62.4 Å². The molecule has 5 heteroatoms. The molecule has 1 aromatic heterocycles. The van der Waals surface area contributed by atoms with Crippen molar-refractivity contribution in [3.63, 3.8) is 0 Å². The van der Waals surface area contributed by atoms with Crippen molar-refractivity contribution >= 4 is 17.5 Å². The Balaban J connectivity index is 1.86. The second kappa shape index (κ2) is 10.4. The maximum atomic E-state index is 12.8. The summed E-state index contributed by atoms with van der Waals surface area (Å²) < 4.78 is 0. The number of nitrogens with zero attached hydrogens (tertiary/aromatic N) is 4. The number of benzene rings is 2. The lowest BCUT2D eigenvalue weighted by molar-refractivity contribution is 0.0754. The lowest BCUT2D eigenvalue weighted by Gasteiger charge is -2.24. The molecule has 0 bridgehead atoms. The minimum atomic E-state index is -0.00503. The molecule has 1 heterocycles. The molecule has 0 saturated heterocycles. The van der Waals surface area contributed by atoms with Gasteiger partial charge < -0.3 is 9.80 Å². The van der Waals surface area contributed by atoms with Crippen molar-refractivity contribution in [1.82, 2.24) is 14.9 Å². The second-order valence-electron chi connectivity index (χ2n) is 6.97.